The second-order valence-corrected chi connectivity index (χ2v) is 8.50. The van der Waals surface area contributed by atoms with Crippen molar-refractivity contribution in [3.05, 3.63) is 51.9 Å². The minimum Gasteiger partial charge on any atom is -0.462 e. The Hall–Kier alpha value is -1.96. The fourth-order valence-electron chi connectivity index (χ4n) is 3.14. The van der Waals surface area contributed by atoms with E-state index in [0.29, 0.717) is 36.9 Å². The van der Waals surface area contributed by atoms with Crippen molar-refractivity contribution in [1.82, 2.24) is 5.32 Å². The summed E-state index contributed by atoms with van der Waals surface area (Å²) in [6.45, 7) is 7.45. The smallest absolute Gasteiger partial charge is 0.341 e. The van der Waals surface area contributed by atoms with Gasteiger partial charge in [-0.1, -0.05) is 37.3 Å². The van der Waals surface area contributed by atoms with Gasteiger partial charge in [-0.15, -0.1) is 11.3 Å². The van der Waals surface area contributed by atoms with Gasteiger partial charge in [-0.3, -0.25) is 0 Å². The first-order valence-electron chi connectivity index (χ1n) is 9.50. The van der Waals surface area contributed by atoms with Crippen LogP contribution in [0.3, 0.4) is 0 Å². The quantitative estimate of drug-likeness (QED) is 0.526. The maximum atomic E-state index is 12.7. The van der Waals surface area contributed by atoms with Crippen molar-refractivity contribution in [2.75, 3.05) is 11.9 Å². The molecule has 1 atom stereocenters. The minimum atomic E-state index is -0.311. The van der Waals surface area contributed by atoms with E-state index in [1.165, 1.54) is 11.3 Å². The van der Waals surface area contributed by atoms with Gasteiger partial charge >= 0.3 is 5.97 Å². The number of ether oxygens (including phenoxy) is 2. The van der Waals surface area contributed by atoms with E-state index in [1.54, 1.807) is 0 Å². The maximum absolute atomic E-state index is 12.7. The molecule has 0 amide bonds. The summed E-state index contributed by atoms with van der Waals surface area (Å²) in [4.78, 5) is 13.8. The third-order valence-electron chi connectivity index (χ3n) is 4.94. The predicted octanol–water partition coefficient (Wildman–Crippen LogP) is 4.65. The summed E-state index contributed by atoms with van der Waals surface area (Å²) in [6.07, 6.45) is 1.57. The highest BCUT2D eigenvalue weighted by molar-refractivity contribution is 7.80. The Balaban J connectivity index is 1.80. The molecular formula is C21H26N2O3S2. The van der Waals surface area contributed by atoms with Crippen LogP contribution in [-0.2, 0) is 29.0 Å². The van der Waals surface area contributed by atoms with E-state index in [0.717, 1.165) is 27.4 Å². The van der Waals surface area contributed by atoms with E-state index in [1.807, 2.05) is 37.3 Å². The molecule has 1 aliphatic rings. The van der Waals surface area contributed by atoms with Crippen molar-refractivity contribution < 1.29 is 14.3 Å². The third kappa shape index (κ3) is 4.71. The molecule has 0 unspecified atom stereocenters. The lowest BCUT2D eigenvalue weighted by molar-refractivity contribution is -0.0548. The molecule has 1 aliphatic heterocycles. The average molecular weight is 419 g/mol. The van der Waals surface area contributed by atoms with Crippen molar-refractivity contribution in [2.24, 2.45) is 0 Å². The molecule has 2 heterocycles. The molecule has 0 aliphatic carbocycles. The molecule has 0 radical (unpaired) electrons. The first-order chi connectivity index (χ1) is 13.5. The Morgan fingerprint density at radius 3 is 2.75 bits per heavy atom. The van der Waals surface area contributed by atoms with Gasteiger partial charge in [0.1, 0.15) is 5.00 Å². The molecule has 0 saturated carbocycles. The first-order valence-corrected chi connectivity index (χ1v) is 10.7. The highest BCUT2D eigenvalue weighted by Gasteiger charge is 2.35. The fourth-order valence-corrected chi connectivity index (χ4v) is 4.50. The topological polar surface area (TPSA) is 59.6 Å². The number of esters is 1. The van der Waals surface area contributed by atoms with Crippen LogP contribution in [0, 0.1) is 0 Å². The molecule has 3 rings (SSSR count). The molecule has 0 fully saturated rings. The Morgan fingerprint density at radius 2 is 2.07 bits per heavy atom. The molecule has 7 heteroatoms. The summed E-state index contributed by atoms with van der Waals surface area (Å²) in [7, 11) is 0. The zero-order valence-electron chi connectivity index (χ0n) is 16.5. The first kappa shape index (κ1) is 20.8. The molecule has 0 spiro atoms. The van der Waals surface area contributed by atoms with Crippen molar-refractivity contribution in [1.29, 1.82) is 0 Å². The monoisotopic (exact) mass is 418 g/mol. The van der Waals surface area contributed by atoms with E-state index in [-0.39, 0.29) is 11.6 Å². The van der Waals surface area contributed by atoms with Crippen LogP contribution in [0.5, 0.6) is 0 Å². The molecule has 2 aromatic rings. The maximum Gasteiger partial charge on any atom is 0.341 e. The van der Waals surface area contributed by atoms with Gasteiger partial charge in [0.2, 0.25) is 0 Å². The number of carbonyl (C=O) groups excluding carboxylic acids is 1. The number of nitrogens with one attached hydrogen (secondary N) is 2. The van der Waals surface area contributed by atoms with Crippen molar-refractivity contribution in [2.45, 2.75) is 52.4 Å². The van der Waals surface area contributed by atoms with Crippen LogP contribution in [0.25, 0.3) is 0 Å². The summed E-state index contributed by atoms with van der Waals surface area (Å²) >= 11 is 6.97. The van der Waals surface area contributed by atoms with Crippen molar-refractivity contribution in [3.8, 4) is 0 Å². The highest BCUT2D eigenvalue weighted by Crippen LogP contribution is 2.41. The van der Waals surface area contributed by atoms with Crippen LogP contribution in [-0.4, -0.2) is 23.3 Å². The average Bonchev–Trinajstić information content (AvgIpc) is 3.04. The summed E-state index contributed by atoms with van der Waals surface area (Å²) < 4.78 is 11.4. The number of benzene rings is 1. The van der Waals surface area contributed by atoms with E-state index in [9.17, 15) is 4.79 Å². The van der Waals surface area contributed by atoms with Gasteiger partial charge in [0.05, 0.1) is 24.4 Å². The number of fused-ring (bicyclic) bond motifs is 1. The van der Waals surface area contributed by atoms with Crippen molar-refractivity contribution >= 4 is 39.6 Å². The standard InChI is InChI=1S/C21H26N2O3S2/c1-4-21(3)11-15-16(13-26-21)28-18(17(15)19(24)25-5-2)23-20(27)22-12-14-9-7-6-8-10-14/h6-10H,4-5,11-13H2,1-3H3,(H2,22,23,27)/t21-/m1/s1. The second kappa shape index (κ2) is 9.03. The van der Waals surface area contributed by atoms with E-state index >= 15 is 0 Å². The molecule has 28 heavy (non-hydrogen) atoms. The lowest BCUT2D eigenvalue weighted by Crippen LogP contribution is -2.34. The molecule has 1 aromatic heterocycles. The van der Waals surface area contributed by atoms with Crippen LogP contribution in [0.2, 0.25) is 0 Å². The van der Waals surface area contributed by atoms with Crippen LogP contribution in [0.4, 0.5) is 5.00 Å². The molecule has 0 bridgehead atoms. The van der Waals surface area contributed by atoms with Gasteiger partial charge in [0.25, 0.3) is 0 Å². The van der Waals surface area contributed by atoms with Gasteiger partial charge in [-0.2, -0.15) is 0 Å². The summed E-state index contributed by atoms with van der Waals surface area (Å²) in [5, 5.41) is 7.60. The SMILES string of the molecule is CCOC(=O)c1c(NC(=S)NCc2ccccc2)sc2c1C[C@@](C)(CC)OC2. The Labute approximate surface area is 175 Å². The minimum absolute atomic E-state index is 0.265. The number of thiophene rings is 1. The number of hydrogen-bond donors (Lipinski definition) is 2. The highest BCUT2D eigenvalue weighted by atomic mass is 32.1. The van der Waals surface area contributed by atoms with Gasteiger partial charge in [-0.25, -0.2) is 4.79 Å². The predicted molar refractivity (Wildman–Crippen MR) is 117 cm³/mol. The van der Waals surface area contributed by atoms with E-state index < -0.39 is 0 Å². The van der Waals surface area contributed by atoms with Crippen LogP contribution in [0.1, 0.15) is 53.6 Å². The number of rotatable bonds is 6. The number of anilines is 1. The zero-order valence-corrected chi connectivity index (χ0v) is 18.1. The van der Waals surface area contributed by atoms with E-state index in [4.69, 9.17) is 21.7 Å². The summed E-state index contributed by atoms with van der Waals surface area (Å²) in [5.41, 5.74) is 2.48. The number of hydrogen-bond acceptors (Lipinski definition) is 5. The van der Waals surface area contributed by atoms with E-state index in [2.05, 4.69) is 24.5 Å². The Bertz CT molecular complexity index is 851. The number of carbonyl (C=O) groups is 1. The van der Waals surface area contributed by atoms with Gasteiger partial charge in [0, 0.05) is 17.8 Å². The van der Waals surface area contributed by atoms with Crippen LogP contribution >= 0.6 is 23.6 Å². The van der Waals surface area contributed by atoms with Gasteiger partial charge in [0.15, 0.2) is 5.11 Å². The summed E-state index contributed by atoms with van der Waals surface area (Å²) in [5.74, 6) is -0.311. The largest absolute Gasteiger partial charge is 0.462 e. The molecule has 1 aromatic carbocycles. The normalized spacial score (nSPS) is 18.2. The Morgan fingerprint density at radius 1 is 1.32 bits per heavy atom. The third-order valence-corrected chi connectivity index (χ3v) is 6.31. The number of thiocarbonyl (C=S) groups is 1. The zero-order chi connectivity index (χ0) is 20.1. The Kier molecular flexibility index (Phi) is 6.69. The van der Waals surface area contributed by atoms with Crippen LogP contribution in [0.15, 0.2) is 30.3 Å². The van der Waals surface area contributed by atoms with Crippen LogP contribution < -0.4 is 10.6 Å². The van der Waals surface area contributed by atoms with Gasteiger partial charge in [-0.05, 0) is 43.6 Å². The lowest BCUT2D eigenvalue weighted by Gasteiger charge is -2.33. The van der Waals surface area contributed by atoms with Crippen molar-refractivity contribution in [3.63, 3.8) is 0 Å². The molecule has 0 saturated heterocycles. The molecule has 2 N–H and O–H groups in total. The second-order valence-electron chi connectivity index (χ2n) is 6.99. The van der Waals surface area contributed by atoms with Gasteiger partial charge < -0.3 is 20.1 Å². The lowest BCUT2D eigenvalue weighted by atomic mass is 9.89. The molecule has 150 valence electrons. The fraction of sp³-hybridized carbons (Fsp3) is 0.429. The molecule has 5 nitrogen and oxygen atoms in total. The molecular weight excluding hydrogens is 392 g/mol. The summed E-state index contributed by atoms with van der Waals surface area (Å²) in [6, 6.07) is 10.0.